The summed E-state index contributed by atoms with van der Waals surface area (Å²) in [6.07, 6.45) is 8.42. The van der Waals surface area contributed by atoms with Crippen molar-refractivity contribution in [1.82, 2.24) is 9.88 Å². The first kappa shape index (κ1) is 16.0. The Morgan fingerprint density at radius 1 is 1.40 bits per heavy atom. The van der Waals surface area contributed by atoms with Crippen LogP contribution in [-0.2, 0) is 0 Å². The van der Waals surface area contributed by atoms with Gasteiger partial charge in [0.1, 0.15) is 0 Å². The lowest BCUT2D eigenvalue weighted by Gasteiger charge is -2.20. The number of rotatable bonds is 9. The summed E-state index contributed by atoms with van der Waals surface area (Å²) in [6, 6.07) is 3.47. The highest BCUT2D eigenvalue weighted by molar-refractivity contribution is 5.97. The number of nitrogens with zero attached hydrogens (tertiary/aromatic N) is 2. The molecule has 0 atom stereocenters. The minimum atomic E-state index is -0.0198. The molecule has 0 aliphatic carbocycles. The molecule has 0 spiro atoms. The van der Waals surface area contributed by atoms with Gasteiger partial charge in [0.25, 0.3) is 0 Å². The Kier molecular flexibility index (Phi) is 7.17. The van der Waals surface area contributed by atoms with Crippen molar-refractivity contribution in [2.75, 3.05) is 26.2 Å². The summed E-state index contributed by atoms with van der Waals surface area (Å²) in [4.78, 5) is 17.9. The molecule has 0 bridgehead atoms. The third-order valence-electron chi connectivity index (χ3n) is 2.77. The topological polar surface area (TPSA) is 53.4 Å². The van der Waals surface area contributed by atoms with Crippen molar-refractivity contribution in [2.24, 2.45) is 0 Å². The molecule has 1 aromatic rings. The number of aliphatic hydroxyl groups excluding tert-OH is 1. The Balaban J connectivity index is 2.72. The monoisotopic (exact) mass is 272 g/mol. The molecule has 0 aromatic carbocycles. The molecule has 0 radical (unpaired) electrons. The van der Waals surface area contributed by atoms with E-state index in [9.17, 15) is 4.79 Å². The minimum absolute atomic E-state index is 0.00116. The van der Waals surface area contributed by atoms with Crippen LogP contribution < -0.4 is 0 Å². The molecule has 0 saturated carbocycles. The molecule has 4 heteroatoms. The van der Waals surface area contributed by atoms with Crippen LogP contribution in [0.25, 0.3) is 0 Å². The summed E-state index contributed by atoms with van der Waals surface area (Å²) in [6.45, 7) is 8.57. The summed E-state index contributed by atoms with van der Waals surface area (Å²) in [5.74, 6) is -0.0198. The van der Waals surface area contributed by atoms with Gasteiger partial charge in [-0.25, -0.2) is 0 Å². The second kappa shape index (κ2) is 8.96. The van der Waals surface area contributed by atoms with E-state index < -0.39 is 0 Å². The average molecular weight is 272 g/mol. The van der Waals surface area contributed by atoms with Crippen molar-refractivity contribution in [1.29, 1.82) is 0 Å². The summed E-state index contributed by atoms with van der Waals surface area (Å²) in [7, 11) is 0. The number of aromatic nitrogens is 1. The van der Waals surface area contributed by atoms with E-state index in [0.717, 1.165) is 5.57 Å². The summed E-state index contributed by atoms with van der Waals surface area (Å²) in [5, 5.41) is 9.10. The maximum Gasteiger partial charge on any atom is 0.178 e. The van der Waals surface area contributed by atoms with Gasteiger partial charge in [0.15, 0.2) is 5.78 Å². The number of ketones is 1. The highest BCUT2D eigenvalue weighted by Crippen LogP contribution is 2.04. The third-order valence-corrected chi connectivity index (χ3v) is 2.77. The van der Waals surface area contributed by atoms with Crippen LogP contribution in [-0.4, -0.2) is 47.0 Å². The second-order valence-electron chi connectivity index (χ2n) is 4.28. The Bertz CT molecular complexity index is 481. The Hall–Kier alpha value is -2.04. The average Bonchev–Trinajstić information content (AvgIpc) is 2.47. The Morgan fingerprint density at radius 3 is 2.75 bits per heavy atom. The van der Waals surface area contributed by atoms with Crippen LogP contribution in [0, 0.1) is 0 Å². The molecule has 0 amide bonds. The van der Waals surface area contributed by atoms with Crippen molar-refractivity contribution in [3.05, 3.63) is 67.0 Å². The quantitative estimate of drug-likeness (QED) is 0.550. The highest BCUT2D eigenvalue weighted by atomic mass is 16.3. The number of pyridine rings is 1. The second-order valence-corrected chi connectivity index (χ2v) is 4.28. The molecule has 1 heterocycles. The lowest BCUT2D eigenvalue weighted by Crippen LogP contribution is -2.34. The molecule has 0 fully saturated rings. The standard InChI is InChI=1S/C16H20N2O2/c1-3-6-14(4-2)12-18(9-10-19)13-16(20)15-7-5-8-17-11-15/h3-8,11,19H,1-2,9-10,12-13H2/b14-6+. The van der Waals surface area contributed by atoms with Gasteiger partial charge < -0.3 is 5.11 Å². The zero-order valence-corrected chi connectivity index (χ0v) is 11.5. The summed E-state index contributed by atoms with van der Waals surface area (Å²) >= 11 is 0. The lowest BCUT2D eigenvalue weighted by molar-refractivity contribution is 0.0923. The molecule has 1 N–H and O–H groups in total. The molecular formula is C16H20N2O2. The molecule has 20 heavy (non-hydrogen) atoms. The van der Waals surface area contributed by atoms with E-state index in [0.29, 0.717) is 18.7 Å². The first-order valence-electron chi connectivity index (χ1n) is 6.41. The molecule has 0 unspecified atom stereocenters. The third kappa shape index (κ3) is 5.30. The summed E-state index contributed by atoms with van der Waals surface area (Å²) < 4.78 is 0. The van der Waals surface area contributed by atoms with Crippen LogP contribution in [0.5, 0.6) is 0 Å². The molecule has 0 saturated heterocycles. The van der Waals surface area contributed by atoms with E-state index in [1.807, 2.05) is 11.0 Å². The fraction of sp³-hybridized carbons (Fsp3) is 0.250. The van der Waals surface area contributed by atoms with Crippen molar-refractivity contribution >= 4 is 5.78 Å². The number of aliphatic hydroxyl groups is 1. The van der Waals surface area contributed by atoms with Gasteiger partial charge in [-0.1, -0.05) is 31.4 Å². The first-order chi connectivity index (χ1) is 9.71. The van der Waals surface area contributed by atoms with Gasteiger partial charge in [-0.2, -0.15) is 0 Å². The molecular weight excluding hydrogens is 252 g/mol. The number of hydrogen-bond donors (Lipinski definition) is 1. The number of carbonyl (C=O) groups excluding carboxylic acids is 1. The first-order valence-corrected chi connectivity index (χ1v) is 6.41. The lowest BCUT2D eigenvalue weighted by atomic mass is 10.1. The van der Waals surface area contributed by atoms with Crippen molar-refractivity contribution in [3.8, 4) is 0 Å². The molecule has 1 aromatic heterocycles. The van der Waals surface area contributed by atoms with E-state index in [-0.39, 0.29) is 18.9 Å². The Morgan fingerprint density at radius 2 is 2.20 bits per heavy atom. The van der Waals surface area contributed by atoms with E-state index in [2.05, 4.69) is 18.1 Å². The minimum Gasteiger partial charge on any atom is -0.395 e. The molecule has 106 valence electrons. The molecule has 1 rings (SSSR count). The zero-order valence-electron chi connectivity index (χ0n) is 11.5. The van der Waals surface area contributed by atoms with Crippen molar-refractivity contribution in [3.63, 3.8) is 0 Å². The largest absolute Gasteiger partial charge is 0.395 e. The Labute approximate surface area is 119 Å². The zero-order chi connectivity index (χ0) is 14.8. The highest BCUT2D eigenvalue weighted by Gasteiger charge is 2.13. The van der Waals surface area contributed by atoms with Gasteiger partial charge in [0.2, 0.25) is 0 Å². The van der Waals surface area contributed by atoms with Crippen LogP contribution in [0.15, 0.2) is 61.5 Å². The van der Waals surface area contributed by atoms with E-state index in [4.69, 9.17) is 5.11 Å². The number of hydrogen-bond acceptors (Lipinski definition) is 4. The van der Waals surface area contributed by atoms with Crippen molar-refractivity contribution in [2.45, 2.75) is 0 Å². The summed E-state index contributed by atoms with van der Waals surface area (Å²) in [5.41, 5.74) is 1.52. The number of allylic oxidation sites excluding steroid dienone is 2. The number of carbonyl (C=O) groups is 1. The smallest absolute Gasteiger partial charge is 0.178 e. The van der Waals surface area contributed by atoms with Gasteiger partial charge in [0, 0.05) is 31.0 Å². The van der Waals surface area contributed by atoms with Gasteiger partial charge >= 0.3 is 0 Å². The van der Waals surface area contributed by atoms with Crippen LogP contribution in [0.1, 0.15) is 10.4 Å². The fourth-order valence-electron chi connectivity index (χ4n) is 1.77. The predicted molar refractivity (Wildman–Crippen MR) is 80.6 cm³/mol. The van der Waals surface area contributed by atoms with Gasteiger partial charge in [-0.05, 0) is 17.7 Å². The molecule has 0 aliphatic rings. The van der Waals surface area contributed by atoms with Gasteiger partial charge in [-0.3, -0.25) is 14.7 Å². The van der Waals surface area contributed by atoms with E-state index in [1.165, 1.54) is 0 Å². The molecule has 0 aliphatic heterocycles. The van der Waals surface area contributed by atoms with E-state index in [1.54, 1.807) is 36.7 Å². The van der Waals surface area contributed by atoms with Gasteiger partial charge in [0.05, 0.1) is 13.2 Å². The van der Waals surface area contributed by atoms with Crippen LogP contribution >= 0.6 is 0 Å². The van der Waals surface area contributed by atoms with E-state index >= 15 is 0 Å². The van der Waals surface area contributed by atoms with Gasteiger partial charge in [-0.15, -0.1) is 0 Å². The predicted octanol–water partition coefficient (Wildman–Crippen LogP) is 1.86. The fourth-order valence-corrected chi connectivity index (χ4v) is 1.77. The maximum absolute atomic E-state index is 12.1. The maximum atomic E-state index is 12.1. The van der Waals surface area contributed by atoms with Crippen LogP contribution in [0.2, 0.25) is 0 Å². The van der Waals surface area contributed by atoms with Crippen LogP contribution in [0.3, 0.4) is 0 Å². The van der Waals surface area contributed by atoms with Crippen molar-refractivity contribution < 1.29 is 9.90 Å². The number of Topliss-reactive ketones (excluding diaryl/α,β-unsaturated/α-hetero) is 1. The van der Waals surface area contributed by atoms with Crippen LogP contribution in [0.4, 0.5) is 0 Å². The molecule has 4 nitrogen and oxygen atoms in total. The normalized spacial score (nSPS) is 11.4. The SMILES string of the molecule is C=C/C=C(\C=C)CN(CCO)CC(=O)c1cccnc1.